The summed E-state index contributed by atoms with van der Waals surface area (Å²) in [5.74, 6) is -3.18. The van der Waals surface area contributed by atoms with Gasteiger partial charge >= 0.3 is 0 Å². The summed E-state index contributed by atoms with van der Waals surface area (Å²) in [7, 11) is 0. The van der Waals surface area contributed by atoms with Crippen LogP contribution in [0.1, 0.15) is 12.0 Å². The van der Waals surface area contributed by atoms with E-state index in [-0.39, 0.29) is 0 Å². The number of hydrogen-bond acceptors (Lipinski definition) is 3. The Hall–Kier alpha value is -1.79. The van der Waals surface area contributed by atoms with Crippen molar-refractivity contribution in [2.75, 3.05) is 0 Å². The molecule has 0 saturated heterocycles. The molecule has 2 aliphatic rings. The fourth-order valence-electron chi connectivity index (χ4n) is 2.61. The molecule has 2 N–H and O–H groups in total. The molecule has 1 fully saturated rings. The molecule has 0 amide bonds. The summed E-state index contributed by atoms with van der Waals surface area (Å²) in [6.45, 7) is 0. The summed E-state index contributed by atoms with van der Waals surface area (Å²) in [5, 5.41) is 0. The van der Waals surface area contributed by atoms with Crippen LogP contribution in [0.3, 0.4) is 0 Å². The van der Waals surface area contributed by atoms with Gasteiger partial charge in [0.1, 0.15) is 6.10 Å². The highest BCUT2D eigenvalue weighted by Gasteiger charge is 2.64. The van der Waals surface area contributed by atoms with Crippen molar-refractivity contribution in [3.8, 4) is 0 Å². The minimum absolute atomic E-state index is 0.296. The highest BCUT2D eigenvalue weighted by atomic mass is 19.3. The SMILES string of the molecule is NC1=N[C@@](c2cccc(F)c2F)(C(F)F)[C@H]2CC2O1. The van der Waals surface area contributed by atoms with Crippen LogP contribution in [-0.4, -0.2) is 18.6 Å². The molecule has 1 aliphatic heterocycles. The Kier molecular flexibility index (Phi) is 2.48. The van der Waals surface area contributed by atoms with Gasteiger partial charge in [0.05, 0.1) is 0 Å². The number of rotatable bonds is 2. The largest absolute Gasteiger partial charge is 0.462 e. The van der Waals surface area contributed by atoms with Crippen molar-refractivity contribution in [3.05, 3.63) is 35.4 Å². The van der Waals surface area contributed by atoms with E-state index < -0.39 is 47.2 Å². The van der Waals surface area contributed by atoms with Crippen LogP contribution in [0.25, 0.3) is 0 Å². The summed E-state index contributed by atoms with van der Waals surface area (Å²) >= 11 is 0. The molecule has 3 nitrogen and oxygen atoms in total. The van der Waals surface area contributed by atoms with Crippen LogP contribution in [0.5, 0.6) is 0 Å². The maximum atomic E-state index is 13.9. The van der Waals surface area contributed by atoms with Gasteiger partial charge in [-0.2, -0.15) is 0 Å². The van der Waals surface area contributed by atoms with E-state index in [0.717, 1.165) is 12.1 Å². The Balaban J connectivity index is 2.22. The van der Waals surface area contributed by atoms with Gasteiger partial charge in [0.2, 0.25) is 0 Å². The molecule has 102 valence electrons. The van der Waals surface area contributed by atoms with Gasteiger partial charge in [-0.25, -0.2) is 22.6 Å². The average Bonchev–Trinajstić information content (AvgIpc) is 3.10. The number of halogens is 4. The molecule has 0 radical (unpaired) electrons. The second-order valence-electron chi connectivity index (χ2n) is 4.68. The molecule has 7 heteroatoms. The van der Waals surface area contributed by atoms with Crippen molar-refractivity contribution in [3.63, 3.8) is 0 Å². The van der Waals surface area contributed by atoms with Crippen molar-refractivity contribution in [2.45, 2.75) is 24.5 Å². The number of nitrogens with two attached hydrogens (primary N) is 1. The topological polar surface area (TPSA) is 47.6 Å². The van der Waals surface area contributed by atoms with E-state index in [1.165, 1.54) is 6.07 Å². The standard InChI is InChI=1S/C12H10F4N2O/c13-7-3-1-2-5(9(7)14)12(10(15)16)6-4-8(6)19-11(17)18-12/h1-3,6,8,10H,4H2,(H2,17,18)/t6-,8?,12+/m0/s1. The highest BCUT2D eigenvalue weighted by molar-refractivity contribution is 5.74. The number of amidine groups is 1. The van der Waals surface area contributed by atoms with E-state index in [9.17, 15) is 17.6 Å². The molecule has 1 heterocycles. The molecule has 1 aromatic rings. The van der Waals surface area contributed by atoms with Gasteiger partial charge in [-0.1, -0.05) is 12.1 Å². The number of alkyl halides is 2. The Morgan fingerprint density at radius 3 is 2.79 bits per heavy atom. The Bertz CT molecular complexity index is 563. The number of fused-ring (bicyclic) bond motifs is 1. The fraction of sp³-hybridized carbons (Fsp3) is 0.417. The van der Waals surface area contributed by atoms with Crippen LogP contribution < -0.4 is 5.73 Å². The zero-order chi connectivity index (χ0) is 13.8. The first kappa shape index (κ1) is 12.3. The van der Waals surface area contributed by atoms with E-state index in [1.807, 2.05) is 0 Å². The number of benzene rings is 1. The second-order valence-corrected chi connectivity index (χ2v) is 4.68. The maximum absolute atomic E-state index is 13.9. The van der Waals surface area contributed by atoms with Crippen molar-refractivity contribution in [1.82, 2.24) is 0 Å². The summed E-state index contributed by atoms with van der Waals surface area (Å²) in [5.41, 5.74) is 2.74. The minimum Gasteiger partial charge on any atom is -0.462 e. The Labute approximate surface area is 106 Å². The smallest absolute Gasteiger partial charge is 0.283 e. The predicted octanol–water partition coefficient (Wildman–Crippen LogP) is 2.16. The summed E-state index contributed by atoms with van der Waals surface area (Å²) < 4.78 is 59.2. The van der Waals surface area contributed by atoms with E-state index in [0.29, 0.717) is 6.42 Å². The molecule has 0 aromatic heterocycles. The number of hydrogen-bond donors (Lipinski definition) is 1. The van der Waals surface area contributed by atoms with Crippen molar-refractivity contribution >= 4 is 6.02 Å². The molecule has 19 heavy (non-hydrogen) atoms. The fourth-order valence-corrected chi connectivity index (χ4v) is 2.61. The highest BCUT2D eigenvalue weighted by Crippen LogP contribution is 2.56. The van der Waals surface area contributed by atoms with E-state index >= 15 is 0 Å². The third kappa shape index (κ3) is 1.60. The average molecular weight is 274 g/mol. The normalized spacial score (nSPS) is 32.6. The summed E-state index contributed by atoms with van der Waals surface area (Å²) in [6, 6.07) is 2.75. The molecule has 0 spiro atoms. The monoisotopic (exact) mass is 274 g/mol. The lowest BCUT2D eigenvalue weighted by Gasteiger charge is -2.33. The predicted molar refractivity (Wildman–Crippen MR) is 58.6 cm³/mol. The molecular formula is C12H10F4N2O. The van der Waals surface area contributed by atoms with Crippen molar-refractivity contribution in [2.24, 2.45) is 16.6 Å². The van der Waals surface area contributed by atoms with Gasteiger partial charge in [0.15, 0.2) is 17.2 Å². The quantitative estimate of drug-likeness (QED) is 0.840. The molecule has 1 saturated carbocycles. The molecule has 3 atom stereocenters. The van der Waals surface area contributed by atoms with Crippen LogP contribution in [0, 0.1) is 17.6 Å². The zero-order valence-electron chi connectivity index (χ0n) is 9.62. The molecule has 1 aromatic carbocycles. The Morgan fingerprint density at radius 2 is 2.11 bits per heavy atom. The van der Waals surface area contributed by atoms with Crippen LogP contribution in [0.15, 0.2) is 23.2 Å². The first-order chi connectivity index (χ1) is 8.96. The second kappa shape index (κ2) is 3.85. The van der Waals surface area contributed by atoms with Gasteiger partial charge in [-0.15, -0.1) is 0 Å². The summed E-state index contributed by atoms with van der Waals surface area (Å²) in [6.07, 6.45) is -3.21. The molecule has 3 rings (SSSR count). The van der Waals surface area contributed by atoms with Crippen molar-refractivity contribution in [1.29, 1.82) is 0 Å². The minimum atomic E-state index is -3.00. The van der Waals surface area contributed by atoms with Gasteiger partial charge < -0.3 is 10.5 Å². The third-order valence-corrected chi connectivity index (χ3v) is 3.58. The molecule has 1 unspecified atom stereocenters. The lowest BCUT2D eigenvalue weighted by molar-refractivity contribution is 0.0173. The van der Waals surface area contributed by atoms with E-state index in [4.69, 9.17) is 10.5 Å². The van der Waals surface area contributed by atoms with Crippen LogP contribution in [-0.2, 0) is 10.3 Å². The van der Waals surface area contributed by atoms with Crippen LogP contribution in [0.4, 0.5) is 17.6 Å². The molecule has 1 aliphatic carbocycles. The van der Waals surface area contributed by atoms with E-state index in [2.05, 4.69) is 4.99 Å². The Morgan fingerprint density at radius 1 is 1.37 bits per heavy atom. The number of nitrogens with zero attached hydrogens (tertiary/aromatic N) is 1. The first-order valence-corrected chi connectivity index (χ1v) is 5.71. The van der Waals surface area contributed by atoms with Crippen LogP contribution >= 0.6 is 0 Å². The number of aliphatic imine (C=N–C) groups is 1. The van der Waals surface area contributed by atoms with Gasteiger partial charge in [0.25, 0.3) is 12.4 Å². The first-order valence-electron chi connectivity index (χ1n) is 5.71. The van der Waals surface area contributed by atoms with Gasteiger partial charge in [-0.05, 0) is 12.5 Å². The zero-order valence-corrected chi connectivity index (χ0v) is 9.62. The maximum Gasteiger partial charge on any atom is 0.283 e. The lowest BCUT2D eigenvalue weighted by atomic mass is 9.84. The molecular weight excluding hydrogens is 264 g/mol. The van der Waals surface area contributed by atoms with Gasteiger partial charge in [-0.3, -0.25) is 0 Å². The number of ether oxygens (including phenoxy) is 1. The van der Waals surface area contributed by atoms with Crippen molar-refractivity contribution < 1.29 is 22.3 Å². The third-order valence-electron chi connectivity index (χ3n) is 3.58. The van der Waals surface area contributed by atoms with Crippen LogP contribution in [0.2, 0.25) is 0 Å². The lowest BCUT2D eigenvalue weighted by Crippen LogP contribution is -2.43. The van der Waals surface area contributed by atoms with E-state index in [1.54, 1.807) is 0 Å². The summed E-state index contributed by atoms with van der Waals surface area (Å²) in [4.78, 5) is 3.62. The molecule has 0 bridgehead atoms. The van der Waals surface area contributed by atoms with Gasteiger partial charge in [0, 0.05) is 11.5 Å².